The number of benzene rings is 1. The highest BCUT2D eigenvalue weighted by molar-refractivity contribution is 7.89. The zero-order valence-corrected chi connectivity index (χ0v) is 15.3. The number of nitrogens with zero attached hydrogens (tertiary/aromatic N) is 3. The number of morpholine rings is 1. The van der Waals surface area contributed by atoms with Crippen molar-refractivity contribution in [1.29, 1.82) is 0 Å². The maximum Gasteiger partial charge on any atom is 0.269 e. The van der Waals surface area contributed by atoms with E-state index >= 15 is 0 Å². The second-order valence-electron chi connectivity index (χ2n) is 5.40. The summed E-state index contributed by atoms with van der Waals surface area (Å²) < 4.78 is 35.5. The van der Waals surface area contributed by atoms with E-state index in [4.69, 9.17) is 4.74 Å². The van der Waals surface area contributed by atoms with E-state index in [1.807, 2.05) is 6.92 Å². The average molecular weight is 382 g/mol. The van der Waals surface area contributed by atoms with E-state index in [0.29, 0.717) is 49.0 Å². The number of hydrogen-bond acceptors (Lipinski definition) is 7. The summed E-state index contributed by atoms with van der Waals surface area (Å²) in [6.07, 6.45) is 0.621. The molecule has 0 bridgehead atoms. The summed E-state index contributed by atoms with van der Waals surface area (Å²) in [6.45, 7) is 3.39. The molecule has 1 aromatic heterocycles. The zero-order valence-electron chi connectivity index (χ0n) is 13.6. The number of hydrogen-bond donors (Lipinski definition) is 1. The van der Waals surface area contributed by atoms with Crippen LogP contribution in [0.2, 0.25) is 0 Å². The molecule has 1 aliphatic heterocycles. The average Bonchev–Trinajstić information content (AvgIpc) is 3.12. The topological polar surface area (TPSA) is 101 Å². The van der Waals surface area contributed by atoms with Crippen molar-refractivity contribution >= 4 is 33.2 Å². The lowest BCUT2D eigenvalue weighted by Gasteiger charge is -2.26. The smallest absolute Gasteiger partial charge is 0.269 e. The Balaban J connectivity index is 1.73. The molecule has 0 unspecified atom stereocenters. The van der Waals surface area contributed by atoms with E-state index in [0.717, 1.165) is 11.5 Å². The van der Waals surface area contributed by atoms with Gasteiger partial charge in [-0.05, 0) is 42.2 Å². The molecule has 1 amide bonds. The number of aromatic nitrogens is 2. The first-order valence-corrected chi connectivity index (χ1v) is 10.0. The van der Waals surface area contributed by atoms with Crippen LogP contribution in [0.15, 0.2) is 29.2 Å². The van der Waals surface area contributed by atoms with Gasteiger partial charge in [0.15, 0.2) is 0 Å². The fraction of sp³-hybridized carbons (Fsp3) is 0.400. The second kappa shape index (κ2) is 7.56. The first kappa shape index (κ1) is 17.9. The fourth-order valence-electron chi connectivity index (χ4n) is 2.45. The minimum Gasteiger partial charge on any atom is -0.379 e. The molecule has 1 aliphatic rings. The number of carbonyl (C=O) groups excluding carboxylic acids is 1. The summed E-state index contributed by atoms with van der Waals surface area (Å²) >= 11 is 1.04. The van der Waals surface area contributed by atoms with Crippen LogP contribution in [0.25, 0.3) is 0 Å². The van der Waals surface area contributed by atoms with Crippen molar-refractivity contribution in [2.75, 3.05) is 31.6 Å². The zero-order chi connectivity index (χ0) is 17.9. The number of sulfonamides is 1. The van der Waals surface area contributed by atoms with Crippen molar-refractivity contribution in [3.8, 4) is 0 Å². The van der Waals surface area contributed by atoms with E-state index in [-0.39, 0.29) is 10.8 Å². The Kier molecular flexibility index (Phi) is 5.42. The molecule has 1 N–H and O–H groups in total. The van der Waals surface area contributed by atoms with Crippen LogP contribution >= 0.6 is 11.5 Å². The Morgan fingerprint density at radius 2 is 1.96 bits per heavy atom. The molecule has 3 rings (SSSR count). The normalized spacial score (nSPS) is 15.9. The molecule has 1 saturated heterocycles. The Morgan fingerprint density at radius 1 is 1.28 bits per heavy atom. The van der Waals surface area contributed by atoms with Gasteiger partial charge in [-0.2, -0.15) is 4.31 Å². The number of anilines is 1. The highest BCUT2D eigenvalue weighted by Crippen LogP contribution is 2.20. The standard InChI is InChI=1S/C15H18N4O4S2/c1-2-13-14(24-18-17-13)15(20)16-11-3-5-12(6-4-11)25(21,22)19-7-9-23-10-8-19/h3-6H,2,7-10H2,1H3,(H,16,20). The van der Waals surface area contributed by atoms with E-state index < -0.39 is 10.0 Å². The van der Waals surface area contributed by atoms with E-state index in [9.17, 15) is 13.2 Å². The fourth-order valence-corrected chi connectivity index (χ4v) is 4.50. The number of aryl methyl sites for hydroxylation is 1. The van der Waals surface area contributed by atoms with Gasteiger partial charge in [0.1, 0.15) is 4.88 Å². The summed E-state index contributed by atoms with van der Waals surface area (Å²) in [5.41, 5.74) is 1.16. The summed E-state index contributed by atoms with van der Waals surface area (Å²) in [5.74, 6) is -0.296. The Labute approximate surface area is 150 Å². The van der Waals surface area contributed by atoms with Gasteiger partial charge in [0.05, 0.1) is 23.8 Å². The van der Waals surface area contributed by atoms with Gasteiger partial charge in [-0.15, -0.1) is 5.10 Å². The van der Waals surface area contributed by atoms with Crippen LogP contribution in [0.5, 0.6) is 0 Å². The first-order chi connectivity index (χ1) is 12.0. The molecular formula is C15H18N4O4S2. The van der Waals surface area contributed by atoms with Crippen molar-refractivity contribution in [3.63, 3.8) is 0 Å². The predicted molar refractivity (Wildman–Crippen MR) is 93.3 cm³/mol. The molecule has 134 valence electrons. The van der Waals surface area contributed by atoms with Crippen LogP contribution in [-0.4, -0.2) is 54.5 Å². The second-order valence-corrected chi connectivity index (χ2v) is 8.09. The molecular weight excluding hydrogens is 364 g/mol. The van der Waals surface area contributed by atoms with Crippen molar-refractivity contribution in [2.45, 2.75) is 18.2 Å². The predicted octanol–water partition coefficient (Wildman–Crippen LogP) is 1.37. The Bertz CT molecular complexity index is 843. The molecule has 0 atom stereocenters. The maximum atomic E-state index is 12.6. The van der Waals surface area contributed by atoms with E-state index in [2.05, 4.69) is 14.9 Å². The minimum absolute atomic E-state index is 0.195. The molecule has 0 saturated carbocycles. The van der Waals surface area contributed by atoms with Crippen molar-refractivity contribution < 1.29 is 17.9 Å². The number of ether oxygens (including phenoxy) is 1. The third kappa shape index (κ3) is 3.87. The van der Waals surface area contributed by atoms with Gasteiger partial charge in [-0.1, -0.05) is 11.4 Å². The third-order valence-corrected chi connectivity index (χ3v) is 6.50. The van der Waals surface area contributed by atoms with Gasteiger partial charge in [-0.3, -0.25) is 4.79 Å². The monoisotopic (exact) mass is 382 g/mol. The highest BCUT2D eigenvalue weighted by Gasteiger charge is 2.26. The molecule has 25 heavy (non-hydrogen) atoms. The molecule has 0 aliphatic carbocycles. The minimum atomic E-state index is -3.54. The van der Waals surface area contributed by atoms with Gasteiger partial charge in [-0.25, -0.2) is 8.42 Å². The largest absolute Gasteiger partial charge is 0.379 e. The highest BCUT2D eigenvalue weighted by atomic mass is 32.2. The molecule has 2 aromatic rings. The molecule has 0 radical (unpaired) electrons. The van der Waals surface area contributed by atoms with Gasteiger partial charge >= 0.3 is 0 Å². The number of rotatable bonds is 5. The third-order valence-electron chi connectivity index (χ3n) is 3.82. The number of carbonyl (C=O) groups is 1. The summed E-state index contributed by atoms with van der Waals surface area (Å²) in [5, 5.41) is 6.65. The maximum absolute atomic E-state index is 12.6. The molecule has 8 nitrogen and oxygen atoms in total. The molecule has 0 spiro atoms. The van der Waals surface area contributed by atoms with Gasteiger partial charge in [0, 0.05) is 18.8 Å². The van der Waals surface area contributed by atoms with Crippen LogP contribution in [0, 0.1) is 0 Å². The van der Waals surface area contributed by atoms with Gasteiger partial charge < -0.3 is 10.1 Å². The Morgan fingerprint density at radius 3 is 2.60 bits per heavy atom. The van der Waals surface area contributed by atoms with Crippen molar-refractivity contribution in [3.05, 3.63) is 34.8 Å². The van der Waals surface area contributed by atoms with Crippen LogP contribution in [0.1, 0.15) is 22.3 Å². The lowest BCUT2D eigenvalue weighted by Crippen LogP contribution is -2.40. The Hall–Kier alpha value is -1.88. The summed E-state index contributed by atoms with van der Waals surface area (Å²) in [4.78, 5) is 12.9. The van der Waals surface area contributed by atoms with Crippen molar-refractivity contribution in [1.82, 2.24) is 13.9 Å². The van der Waals surface area contributed by atoms with Crippen LogP contribution in [0.3, 0.4) is 0 Å². The van der Waals surface area contributed by atoms with E-state index in [1.165, 1.54) is 16.4 Å². The lowest BCUT2D eigenvalue weighted by atomic mass is 10.2. The van der Waals surface area contributed by atoms with Crippen LogP contribution in [-0.2, 0) is 21.2 Å². The quantitative estimate of drug-likeness (QED) is 0.838. The summed E-state index contributed by atoms with van der Waals surface area (Å²) in [7, 11) is -3.54. The summed E-state index contributed by atoms with van der Waals surface area (Å²) in [6, 6.07) is 6.13. The number of nitrogens with one attached hydrogen (secondary N) is 1. The van der Waals surface area contributed by atoms with Crippen LogP contribution < -0.4 is 5.32 Å². The SMILES string of the molecule is CCc1nnsc1C(=O)Nc1ccc(S(=O)(=O)N2CCOCC2)cc1. The number of amides is 1. The first-order valence-electron chi connectivity index (χ1n) is 7.83. The molecule has 10 heteroatoms. The molecule has 1 fully saturated rings. The molecule has 2 heterocycles. The van der Waals surface area contributed by atoms with Crippen molar-refractivity contribution in [2.24, 2.45) is 0 Å². The van der Waals surface area contributed by atoms with E-state index in [1.54, 1.807) is 12.1 Å². The van der Waals surface area contributed by atoms with Crippen LogP contribution in [0.4, 0.5) is 5.69 Å². The van der Waals surface area contributed by atoms with Gasteiger partial charge in [0.2, 0.25) is 10.0 Å². The van der Waals surface area contributed by atoms with Gasteiger partial charge in [0.25, 0.3) is 5.91 Å². The lowest BCUT2D eigenvalue weighted by molar-refractivity contribution is 0.0730. The molecule has 1 aromatic carbocycles.